The molecule has 4 atom stereocenters. The van der Waals surface area contributed by atoms with Crippen LogP contribution in [-0.4, -0.2) is 28.5 Å². The van der Waals surface area contributed by atoms with E-state index in [1.807, 2.05) is 17.0 Å². The van der Waals surface area contributed by atoms with Gasteiger partial charge in [-0.2, -0.15) is 0 Å². The molecule has 3 N–H and O–H groups in total. The van der Waals surface area contributed by atoms with Crippen LogP contribution in [0.1, 0.15) is 36.6 Å². The number of phenols is 1. The maximum atomic E-state index is 13.3. The van der Waals surface area contributed by atoms with E-state index in [2.05, 4.69) is 17.8 Å². The van der Waals surface area contributed by atoms with E-state index in [0.717, 1.165) is 17.5 Å². The summed E-state index contributed by atoms with van der Waals surface area (Å²) >= 11 is 0. The van der Waals surface area contributed by atoms with E-state index >= 15 is 0 Å². The minimum atomic E-state index is -0.324. The van der Waals surface area contributed by atoms with Gasteiger partial charge in [0, 0.05) is 12.5 Å². The molecule has 2 aliphatic heterocycles. The largest absolute Gasteiger partial charge is 0.508 e. The number of carbonyl (C=O) groups is 1. The van der Waals surface area contributed by atoms with E-state index < -0.39 is 0 Å². The number of fused-ring (bicyclic) bond motifs is 1. The maximum absolute atomic E-state index is 13.3. The first-order chi connectivity index (χ1) is 12.6. The summed E-state index contributed by atoms with van der Waals surface area (Å²) in [5.41, 5.74) is 8.32. The van der Waals surface area contributed by atoms with E-state index in [-0.39, 0.29) is 41.5 Å². The van der Waals surface area contributed by atoms with Crippen molar-refractivity contribution in [3.05, 3.63) is 65.5 Å². The van der Waals surface area contributed by atoms with Crippen molar-refractivity contribution in [2.24, 2.45) is 5.92 Å². The summed E-state index contributed by atoms with van der Waals surface area (Å²) in [5.74, 6) is -0.0213. The van der Waals surface area contributed by atoms with E-state index in [1.165, 1.54) is 12.1 Å². The number of phenolic OH excluding ortho intramolecular Hbond substituents is 1. The van der Waals surface area contributed by atoms with Crippen LogP contribution in [0.15, 0.2) is 48.5 Å². The predicted octanol–water partition coefficient (Wildman–Crippen LogP) is 2.66. The molecule has 2 aliphatic rings. The number of hydrogen-bond acceptors (Lipinski definition) is 4. The fraction of sp³-hybridized carbons (Fsp3) is 0.350. The molecule has 6 heteroatoms. The van der Waals surface area contributed by atoms with Gasteiger partial charge >= 0.3 is 0 Å². The van der Waals surface area contributed by atoms with Crippen molar-refractivity contribution in [3.8, 4) is 5.75 Å². The molecular formula is C20H22FN3O2. The second-order valence-electron chi connectivity index (χ2n) is 6.94. The Morgan fingerprint density at radius 2 is 1.62 bits per heavy atom. The molecule has 1 amide bonds. The molecule has 5 nitrogen and oxygen atoms in total. The second-order valence-corrected chi connectivity index (χ2v) is 6.94. The molecule has 0 spiro atoms. The van der Waals surface area contributed by atoms with Gasteiger partial charge in [0.2, 0.25) is 5.91 Å². The molecule has 4 unspecified atom stereocenters. The first-order valence-corrected chi connectivity index (χ1v) is 8.96. The van der Waals surface area contributed by atoms with Gasteiger partial charge in [0.15, 0.2) is 0 Å². The van der Waals surface area contributed by atoms with Crippen molar-refractivity contribution < 1.29 is 14.3 Å². The third kappa shape index (κ3) is 2.75. The Hall–Kier alpha value is -2.44. The van der Waals surface area contributed by atoms with Gasteiger partial charge in [0.05, 0.1) is 12.1 Å². The molecule has 2 saturated heterocycles. The second kappa shape index (κ2) is 6.70. The van der Waals surface area contributed by atoms with Crippen LogP contribution >= 0.6 is 0 Å². The molecule has 0 radical (unpaired) electrons. The standard InChI is InChI=1S/C20H22FN3O2/c1-2-11-24-19(13-5-9-15(25)10-6-13)16-17(22-23-18(16)20(24)26)12-3-7-14(21)8-4-12/h3-10,16-19,22-23,25H,2,11H2,1H3. The molecule has 136 valence electrons. The number of nitrogens with one attached hydrogen (secondary N) is 2. The molecule has 2 aromatic rings. The van der Waals surface area contributed by atoms with Gasteiger partial charge < -0.3 is 10.0 Å². The fourth-order valence-electron chi connectivity index (χ4n) is 4.22. The van der Waals surface area contributed by atoms with Crippen molar-refractivity contribution in [2.45, 2.75) is 31.5 Å². The van der Waals surface area contributed by atoms with E-state index in [1.54, 1.807) is 24.3 Å². The SMILES string of the molecule is CCCN1C(=O)C2NNC(c3ccc(F)cc3)C2C1c1ccc(O)cc1. The lowest BCUT2D eigenvalue weighted by atomic mass is 9.83. The number of rotatable bonds is 4. The van der Waals surface area contributed by atoms with Crippen LogP contribution in [0.3, 0.4) is 0 Å². The number of benzene rings is 2. The third-order valence-corrected chi connectivity index (χ3v) is 5.34. The van der Waals surface area contributed by atoms with Crippen molar-refractivity contribution >= 4 is 5.91 Å². The molecule has 4 rings (SSSR count). The Balaban J connectivity index is 1.75. The lowest BCUT2D eigenvalue weighted by molar-refractivity contribution is -0.130. The van der Waals surface area contributed by atoms with Crippen LogP contribution in [0.2, 0.25) is 0 Å². The van der Waals surface area contributed by atoms with Gasteiger partial charge in [0.1, 0.15) is 17.6 Å². The molecule has 2 heterocycles. The lowest BCUT2D eigenvalue weighted by Crippen LogP contribution is -2.41. The average molecular weight is 355 g/mol. The van der Waals surface area contributed by atoms with Gasteiger partial charge in [-0.15, -0.1) is 0 Å². The molecule has 2 aromatic carbocycles. The third-order valence-electron chi connectivity index (χ3n) is 5.34. The van der Waals surface area contributed by atoms with Crippen molar-refractivity contribution in [3.63, 3.8) is 0 Å². The topological polar surface area (TPSA) is 64.6 Å². The Labute approximate surface area is 151 Å². The zero-order valence-corrected chi connectivity index (χ0v) is 14.5. The van der Waals surface area contributed by atoms with E-state index in [0.29, 0.717) is 6.54 Å². The summed E-state index contributed by atoms with van der Waals surface area (Å²) < 4.78 is 13.3. The van der Waals surface area contributed by atoms with Gasteiger partial charge in [-0.05, 0) is 41.8 Å². The minimum absolute atomic E-state index is 0.0240. The average Bonchev–Trinajstić information content (AvgIpc) is 3.17. The highest BCUT2D eigenvalue weighted by Crippen LogP contribution is 2.47. The highest BCUT2D eigenvalue weighted by atomic mass is 19.1. The van der Waals surface area contributed by atoms with Gasteiger partial charge in [-0.3, -0.25) is 4.79 Å². The molecule has 0 aromatic heterocycles. The summed E-state index contributed by atoms with van der Waals surface area (Å²) in [5, 5.41) is 9.62. The first kappa shape index (κ1) is 17.0. The summed E-state index contributed by atoms with van der Waals surface area (Å²) in [7, 11) is 0. The van der Waals surface area contributed by atoms with Crippen LogP contribution in [0.5, 0.6) is 5.75 Å². The van der Waals surface area contributed by atoms with Crippen molar-refractivity contribution in [1.29, 1.82) is 0 Å². The van der Waals surface area contributed by atoms with Crippen LogP contribution in [0.4, 0.5) is 4.39 Å². The van der Waals surface area contributed by atoms with Crippen molar-refractivity contribution in [2.75, 3.05) is 6.54 Å². The van der Waals surface area contributed by atoms with Crippen LogP contribution in [0, 0.1) is 11.7 Å². The summed E-state index contributed by atoms with van der Waals surface area (Å²) in [4.78, 5) is 14.9. The normalized spacial score (nSPS) is 27.8. The van der Waals surface area contributed by atoms with Crippen molar-refractivity contribution in [1.82, 2.24) is 15.8 Å². The lowest BCUT2D eigenvalue weighted by Gasteiger charge is -2.31. The number of halogens is 1. The highest BCUT2D eigenvalue weighted by molar-refractivity contribution is 5.86. The van der Waals surface area contributed by atoms with Crippen LogP contribution in [0.25, 0.3) is 0 Å². The number of likely N-dealkylation sites (tertiary alicyclic amines) is 1. The summed E-state index contributed by atoms with van der Waals surface area (Å²) in [6, 6.07) is 12.9. The monoisotopic (exact) mass is 355 g/mol. The zero-order chi connectivity index (χ0) is 18.3. The number of amides is 1. The number of hydrogen-bond donors (Lipinski definition) is 3. The molecular weight excluding hydrogens is 333 g/mol. The minimum Gasteiger partial charge on any atom is -0.508 e. The molecule has 2 fully saturated rings. The molecule has 0 aliphatic carbocycles. The van der Waals surface area contributed by atoms with E-state index in [4.69, 9.17) is 0 Å². The quantitative estimate of drug-likeness (QED) is 0.789. The molecule has 26 heavy (non-hydrogen) atoms. The van der Waals surface area contributed by atoms with Gasteiger partial charge in [-0.1, -0.05) is 31.2 Å². The van der Waals surface area contributed by atoms with E-state index in [9.17, 15) is 14.3 Å². The smallest absolute Gasteiger partial charge is 0.242 e. The number of aromatic hydroxyl groups is 1. The summed E-state index contributed by atoms with van der Waals surface area (Å²) in [6.07, 6.45) is 0.869. The maximum Gasteiger partial charge on any atom is 0.242 e. The fourth-order valence-corrected chi connectivity index (χ4v) is 4.22. The Morgan fingerprint density at radius 1 is 1.00 bits per heavy atom. The molecule has 0 saturated carbocycles. The number of hydrazine groups is 1. The molecule has 0 bridgehead atoms. The van der Waals surface area contributed by atoms with Crippen LogP contribution < -0.4 is 10.9 Å². The first-order valence-electron chi connectivity index (χ1n) is 8.96. The van der Waals surface area contributed by atoms with Gasteiger partial charge in [-0.25, -0.2) is 15.2 Å². The highest BCUT2D eigenvalue weighted by Gasteiger charge is 2.55. The Morgan fingerprint density at radius 3 is 2.27 bits per heavy atom. The summed E-state index contributed by atoms with van der Waals surface area (Å²) in [6.45, 7) is 2.73. The zero-order valence-electron chi connectivity index (χ0n) is 14.5. The van der Waals surface area contributed by atoms with Gasteiger partial charge in [0.25, 0.3) is 0 Å². The Kier molecular flexibility index (Phi) is 4.38. The number of nitrogens with zero attached hydrogens (tertiary/aromatic N) is 1. The Bertz CT molecular complexity index is 794. The number of carbonyl (C=O) groups excluding carboxylic acids is 1. The van der Waals surface area contributed by atoms with Crippen LogP contribution in [-0.2, 0) is 4.79 Å². The predicted molar refractivity (Wildman–Crippen MR) is 95.5 cm³/mol.